The summed E-state index contributed by atoms with van der Waals surface area (Å²) in [5.74, 6) is 0.842. The summed E-state index contributed by atoms with van der Waals surface area (Å²) in [7, 11) is 0. The number of hydrogen-bond donors (Lipinski definition) is 1. The Morgan fingerprint density at radius 3 is 2.27 bits per heavy atom. The van der Waals surface area contributed by atoms with E-state index >= 15 is 0 Å². The predicted molar refractivity (Wildman–Crippen MR) is 51.8 cm³/mol. The van der Waals surface area contributed by atoms with Crippen LogP contribution in [-0.4, -0.2) is 13.1 Å². The molecule has 0 saturated carbocycles. The van der Waals surface area contributed by atoms with Crippen LogP contribution in [0.3, 0.4) is 0 Å². The van der Waals surface area contributed by atoms with E-state index in [0.29, 0.717) is 0 Å². The molecule has 0 saturated heterocycles. The first-order valence-corrected chi connectivity index (χ1v) is 4.55. The molecule has 0 aromatic carbocycles. The molecule has 0 radical (unpaired) electrons. The van der Waals surface area contributed by atoms with Gasteiger partial charge in [-0.3, -0.25) is 0 Å². The molecular weight excluding hydrogens is 134 g/mol. The predicted octanol–water partition coefficient (Wildman–Crippen LogP) is 2.59. The second kappa shape index (κ2) is 6.41. The van der Waals surface area contributed by atoms with Crippen molar-refractivity contribution in [1.82, 2.24) is 5.32 Å². The second-order valence-electron chi connectivity index (χ2n) is 3.27. The highest BCUT2D eigenvalue weighted by molar-refractivity contribution is 4.90. The van der Waals surface area contributed by atoms with E-state index in [4.69, 9.17) is 0 Å². The molecular formula is C10H21N. The average Bonchev–Trinajstić information content (AvgIpc) is 1.98. The van der Waals surface area contributed by atoms with Gasteiger partial charge < -0.3 is 5.32 Å². The van der Waals surface area contributed by atoms with Gasteiger partial charge in [0.25, 0.3) is 0 Å². The van der Waals surface area contributed by atoms with Gasteiger partial charge >= 0.3 is 0 Å². The van der Waals surface area contributed by atoms with Crippen molar-refractivity contribution in [2.75, 3.05) is 13.1 Å². The largest absolute Gasteiger partial charge is 0.313 e. The van der Waals surface area contributed by atoms with E-state index in [1.807, 2.05) is 0 Å². The molecule has 0 aliphatic carbocycles. The second-order valence-corrected chi connectivity index (χ2v) is 3.27. The highest BCUT2D eigenvalue weighted by Gasteiger charge is 2.00. The highest BCUT2D eigenvalue weighted by atomic mass is 14.9. The van der Waals surface area contributed by atoms with E-state index in [9.17, 15) is 0 Å². The van der Waals surface area contributed by atoms with Crippen LogP contribution in [0.5, 0.6) is 0 Å². The van der Waals surface area contributed by atoms with Gasteiger partial charge in [0.15, 0.2) is 0 Å². The van der Waals surface area contributed by atoms with Crippen LogP contribution in [-0.2, 0) is 0 Å². The molecule has 0 aliphatic rings. The fourth-order valence-electron chi connectivity index (χ4n) is 1.07. The third-order valence-corrected chi connectivity index (χ3v) is 2.01. The van der Waals surface area contributed by atoms with Crippen LogP contribution in [0, 0.1) is 5.92 Å². The molecule has 1 nitrogen and oxygen atoms in total. The van der Waals surface area contributed by atoms with Crippen molar-refractivity contribution in [2.24, 2.45) is 5.92 Å². The lowest BCUT2D eigenvalue weighted by atomic mass is 10.0. The Hall–Kier alpha value is -0.300. The lowest BCUT2D eigenvalue weighted by Gasteiger charge is -2.12. The first-order valence-electron chi connectivity index (χ1n) is 4.55. The topological polar surface area (TPSA) is 12.0 Å². The average molecular weight is 155 g/mol. The number of rotatable bonds is 6. The molecule has 0 rings (SSSR count). The molecule has 0 aliphatic heterocycles. The van der Waals surface area contributed by atoms with Gasteiger partial charge in [0.2, 0.25) is 0 Å². The lowest BCUT2D eigenvalue weighted by molar-refractivity contribution is 0.459. The van der Waals surface area contributed by atoms with Crippen LogP contribution < -0.4 is 5.32 Å². The summed E-state index contributed by atoms with van der Waals surface area (Å²) >= 11 is 0. The van der Waals surface area contributed by atoms with Gasteiger partial charge in [-0.25, -0.2) is 0 Å². The fourth-order valence-corrected chi connectivity index (χ4v) is 1.07. The van der Waals surface area contributed by atoms with Crippen LogP contribution in [0.15, 0.2) is 12.2 Å². The SMILES string of the molecule is C=C(C)CNCC(CC)CC. The van der Waals surface area contributed by atoms with E-state index in [1.165, 1.54) is 18.4 Å². The molecule has 1 heteroatoms. The van der Waals surface area contributed by atoms with Gasteiger partial charge in [0.05, 0.1) is 0 Å². The summed E-state index contributed by atoms with van der Waals surface area (Å²) in [6.07, 6.45) is 2.55. The smallest absolute Gasteiger partial charge is 0.0159 e. The molecule has 0 atom stereocenters. The Balaban J connectivity index is 3.28. The molecule has 1 N–H and O–H groups in total. The zero-order valence-electron chi connectivity index (χ0n) is 8.11. The molecule has 0 heterocycles. The van der Waals surface area contributed by atoms with Crippen LogP contribution in [0.1, 0.15) is 33.6 Å². The van der Waals surface area contributed by atoms with Gasteiger partial charge in [-0.05, 0) is 19.4 Å². The van der Waals surface area contributed by atoms with Crippen LogP contribution in [0.4, 0.5) is 0 Å². The minimum absolute atomic E-state index is 0.842. The van der Waals surface area contributed by atoms with E-state index in [2.05, 4.69) is 32.7 Å². The van der Waals surface area contributed by atoms with Crippen molar-refractivity contribution in [3.05, 3.63) is 12.2 Å². The summed E-state index contributed by atoms with van der Waals surface area (Å²) in [6, 6.07) is 0. The minimum atomic E-state index is 0.842. The third kappa shape index (κ3) is 6.11. The summed E-state index contributed by atoms with van der Waals surface area (Å²) < 4.78 is 0. The standard InChI is InChI=1S/C10H21N/c1-5-10(6-2)8-11-7-9(3)4/h10-11H,3,5-8H2,1-2,4H3. The van der Waals surface area contributed by atoms with Crippen LogP contribution in [0.2, 0.25) is 0 Å². The molecule has 11 heavy (non-hydrogen) atoms. The van der Waals surface area contributed by atoms with E-state index < -0.39 is 0 Å². The minimum Gasteiger partial charge on any atom is -0.313 e. The van der Waals surface area contributed by atoms with Crippen LogP contribution in [0.25, 0.3) is 0 Å². The Bertz CT molecular complexity index is 103. The van der Waals surface area contributed by atoms with Gasteiger partial charge in [-0.1, -0.05) is 38.8 Å². The first-order chi connectivity index (χ1) is 5.20. The third-order valence-electron chi connectivity index (χ3n) is 2.01. The Morgan fingerprint density at radius 1 is 1.36 bits per heavy atom. The Labute approximate surface area is 70.9 Å². The van der Waals surface area contributed by atoms with Crippen molar-refractivity contribution in [1.29, 1.82) is 0 Å². The van der Waals surface area contributed by atoms with Gasteiger partial charge in [0, 0.05) is 6.54 Å². The first kappa shape index (κ1) is 10.7. The Morgan fingerprint density at radius 2 is 1.91 bits per heavy atom. The summed E-state index contributed by atoms with van der Waals surface area (Å²) in [5.41, 5.74) is 1.22. The van der Waals surface area contributed by atoms with Crippen molar-refractivity contribution < 1.29 is 0 Å². The molecule has 0 spiro atoms. The van der Waals surface area contributed by atoms with Crippen molar-refractivity contribution in [3.8, 4) is 0 Å². The fraction of sp³-hybridized carbons (Fsp3) is 0.800. The maximum atomic E-state index is 3.84. The Kier molecular flexibility index (Phi) is 6.24. The normalized spacial score (nSPS) is 10.5. The number of nitrogens with one attached hydrogen (secondary N) is 1. The molecule has 0 aromatic rings. The maximum absolute atomic E-state index is 3.84. The molecule has 0 fully saturated rings. The van der Waals surface area contributed by atoms with Crippen molar-refractivity contribution in [3.63, 3.8) is 0 Å². The zero-order valence-corrected chi connectivity index (χ0v) is 8.11. The zero-order chi connectivity index (χ0) is 8.69. The molecule has 0 unspecified atom stereocenters. The quantitative estimate of drug-likeness (QED) is 0.581. The molecule has 66 valence electrons. The lowest BCUT2D eigenvalue weighted by Crippen LogP contribution is -2.23. The van der Waals surface area contributed by atoms with Gasteiger partial charge in [-0.2, -0.15) is 0 Å². The monoisotopic (exact) mass is 155 g/mol. The highest BCUT2D eigenvalue weighted by Crippen LogP contribution is 2.04. The number of hydrogen-bond acceptors (Lipinski definition) is 1. The maximum Gasteiger partial charge on any atom is 0.0159 e. The molecule has 0 aromatic heterocycles. The van der Waals surface area contributed by atoms with E-state index in [0.717, 1.165) is 19.0 Å². The molecule has 0 bridgehead atoms. The summed E-state index contributed by atoms with van der Waals surface area (Å²) in [6.45, 7) is 12.5. The van der Waals surface area contributed by atoms with E-state index in [-0.39, 0.29) is 0 Å². The van der Waals surface area contributed by atoms with Crippen molar-refractivity contribution in [2.45, 2.75) is 33.6 Å². The summed E-state index contributed by atoms with van der Waals surface area (Å²) in [5, 5.41) is 3.39. The molecule has 0 amide bonds. The van der Waals surface area contributed by atoms with Crippen LogP contribution >= 0.6 is 0 Å². The summed E-state index contributed by atoms with van der Waals surface area (Å²) in [4.78, 5) is 0. The van der Waals surface area contributed by atoms with E-state index in [1.54, 1.807) is 0 Å². The van der Waals surface area contributed by atoms with Crippen molar-refractivity contribution >= 4 is 0 Å². The van der Waals surface area contributed by atoms with Gasteiger partial charge in [0.1, 0.15) is 0 Å². The van der Waals surface area contributed by atoms with Gasteiger partial charge in [-0.15, -0.1) is 0 Å².